The summed E-state index contributed by atoms with van der Waals surface area (Å²) in [4.78, 5) is 14.8. The Balaban J connectivity index is 2.39. The topological polar surface area (TPSA) is 49.8 Å². The molecule has 1 aliphatic heterocycles. The molecule has 1 N–H and O–H groups in total. The van der Waals surface area contributed by atoms with Gasteiger partial charge in [0.05, 0.1) is 6.61 Å². The number of aromatic hydroxyl groups is 1. The molecule has 0 spiro atoms. The highest BCUT2D eigenvalue weighted by Gasteiger charge is 2.45. The fraction of sp³-hybridized carbons (Fsp3) is 0.471. The van der Waals surface area contributed by atoms with Gasteiger partial charge in [-0.1, -0.05) is 18.2 Å². The number of hydrogen-bond acceptors (Lipinski definition) is 4. The van der Waals surface area contributed by atoms with Crippen LogP contribution < -0.4 is 0 Å². The summed E-state index contributed by atoms with van der Waals surface area (Å²) < 4.78 is 5.33. The first-order valence-electron chi connectivity index (χ1n) is 7.42. The number of benzene rings is 1. The van der Waals surface area contributed by atoms with Crippen LogP contribution in [0.15, 0.2) is 36.9 Å². The lowest BCUT2D eigenvalue weighted by atomic mass is 9.74. The number of rotatable bonds is 5. The van der Waals surface area contributed by atoms with Gasteiger partial charge >= 0.3 is 5.97 Å². The molecule has 1 fully saturated rings. The highest BCUT2D eigenvalue weighted by Crippen LogP contribution is 2.36. The van der Waals surface area contributed by atoms with Gasteiger partial charge in [0.2, 0.25) is 0 Å². The average Bonchev–Trinajstić information content (AvgIpc) is 2.48. The molecule has 0 amide bonds. The predicted octanol–water partition coefficient (Wildman–Crippen LogP) is 2.47. The lowest BCUT2D eigenvalue weighted by Gasteiger charge is -2.41. The Kier molecular flexibility index (Phi) is 5.02. The maximum atomic E-state index is 12.6. The molecule has 114 valence electrons. The number of carbonyl (C=O) groups excluding carboxylic acids is 1. The van der Waals surface area contributed by atoms with Crippen LogP contribution in [0.4, 0.5) is 0 Å². The molecule has 21 heavy (non-hydrogen) atoms. The van der Waals surface area contributed by atoms with Gasteiger partial charge in [0, 0.05) is 13.1 Å². The van der Waals surface area contributed by atoms with Gasteiger partial charge in [-0.25, -0.2) is 0 Å². The van der Waals surface area contributed by atoms with E-state index >= 15 is 0 Å². The molecule has 0 unspecified atom stereocenters. The van der Waals surface area contributed by atoms with E-state index in [0.29, 0.717) is 13.2 Å². The highest BCUT2D eigenvalue weighted by molar-refractivity contribution is 5.84. The smallest absolute Gasteiger partial charge is 0.317 e. The second-order valence-corrected chi connectivity index (χ2v) is 5.48. The molecule has 0 aliphatic carbocycles. The zero-order chi connectivity index (χ0) is 15.3. The number of esters is 1. The highest BCUT2D eigenvalue weighted by atomic mass is 16.5. The number of piperidine rings is 1. The van der Waals surface area contributed by atoms with E-state index < -0.39 is 5.41 Å². The fourth-order valence-electron chi connectivity index (χ4n) is 3.08. The summed E-state index contributed by atoms with van der Waals surface area (Å²) in [6.07, 6.45) is 3.51. The van der Waals surface area contributed by atoms with Crippen LogP contribution in [0, 0.1) is 0 Å². The van der Waals surface area contributed by atoms with Crippen molar-refractivity contribution in [2.45, 2.75) is 25.2 Å². The molecular weight excluding hydrogens is 266 g/mol. The van der Waals surface area contributed by atoms with Crippen LogP contribution >= 0.6 is 0 Å². The van der Waals surface area contributed by atoms with E-state index in [0.717, 1.165) is 31.5 Å². The zero-order valence-electron chi connectivity index (χ0n) is 12.5. The Labute approximate surface area is 126 Å². The molecule has 1 aromatic rings. The molecule has 0 saturated carbocycles. The van der Waals surface area contributed by atoms with Crippen molar-refractivity contribution in [3.05, 3.63) is 42.5 Å². The van der Waals surface area contributed by atoms with Crippen LogP contribution in [-0.2, 0) is 14.9 Å². The number of ether oxygens (including phenoxy) is 1. The summed E-state index contributed by atoms with van der Waals surface area (Å²) in [5.41, 5.74) is 0.130. The van der Waals surface area contributed by atoms with E-state index in [1.54, 1.807) is 18.2 Å². The van der Waals surface area contributed by atoms with Crippen LogP contribution in [0.1, 0.15) is 25.3 Å². The van der Waals surface area contributed by atoms with Crippen molar-refractivity contribution in [2.24, 2.45) is 0 Å². The van der Waals surface area contributed by atoms with Crippen LogP contribution in [0.25, 0.3) is 0 Å². The third kappa shape index (κ3) is 3.27. The lowest BCUT2D eigenvalue weighted by Crippen LogP contribution is -2.51. The number of phenolic OH excluding ortho intramolecular Hbond substituents is 1. The molecule has 1 atom stereocenters. The van der Waals surface area contributed by atoms with Crippen molar-refractivity contribution < 1.29 is 14.6 Å². The first kappa shape index (κ1) is 15.6. The summed E-state index contributed by atoms with van der Waals surface area (Å²) >= 11 is 0. The lowest BCUT2D eigenvalue weighted by molar-refractivity contribution is -0.152. The maximum Gasteiger partial charge on any atom is 0.317 e. The number of hydrogen-bond donors (Lipinski definition) is 1. The number of nitrogens with zero attached hydrogens (tertiary/aromatic N) is 1. The quantitative estimate of drug-likeness (QED) is 0.668. The summed E-state index contributed by atoms with van der Waals surface area (Å²) in [5.74, 6) is -0.0265. The van der Waals surface area contributed by atoms with Crippen molar-refractivity contribution in [1.29, 1.82) is 0 Å². The van der Waals surface area contributed by atoms with E-state index in [1.165, 1.54) is 0 Å². The zero-order valence-corrected chi connectivity index (χ0v) is 12.5. The maximum absolute atomic E-state index is 12.6. The van der Waals surface area contributed by atoms with Crippen molar-refractivity contribution in [3.63, 3.8) is 0 Å². The third-order valence-corrected chi connectivity index (χ3v) is 4.02. The van der Waals surface area contributed by atoms with Crippen molar-refractivity contribution in [1.82, 2.24) is 4.90 Å². The summed E-state index contributed by atoms with van der Waals surface area (Å²) in [6.45, 7) is 8.25. The number of phenols is 1. The third-order valence-electron chi connectivity index (χ3n) is 4.02. The molecule has 0 aromatic heterocycles. The molecule has 2 rings (SSSR count). The fourth-order valence-corrected chi connectivity index (χ4v) is 3.08. The summed E-state index contributed by atoms with van der Waals surface area (Å²) in [6, 6.07) is 6.97. The van der Waals surface area contributed by atoms with Gasteiger partial charge in [-0.15, -0.1) is 6.58 Å². The molecule has 0 bridgehead atoms. The Morgan fingerprint density at radius 3 is 3.05 bits per heavy atom. The molecule has 1 aromatic carbocycles. The van der Waals surface area contributed by atoms with Crippen LogP contribution in [-0.4, -0.2) is 42.2 Å². The first-order chi connectivity index (χ1) is 10.1. The van der Waals surface area contributed by atoms with Gasteiger partial charge in [-0.05, 0) is 44.0 Å². The molecule has 1 saturated heterocycles. The van der Waals surface area contributed by atoms with Gasteiger partial charge in [0.1, 0.15) is 11.2 Å². The summed E-state index contributed by atoms with van der Waals surface area (Å²) in [5, 5.41) is 9.76. The van der Waals surface area contributed by atoms with E-state index in [4.69, 9.17) is 4.74 Å². The molecule has 0 radical (unpaired) electrons. The van der Waals surface area contributed by atoms with Crippen molar-refractivity contribution >= 4 is 5.97 Å². The van der Waals surface area contributed by atoms with E-state index in [2.05, 4.69) is 11.5 Å². The molecule has 1 aliphatic rings. The largest absolute Gasteiger partial charge is 0.508 e. The molecule has 4 heteroatoms. The second kappa shape index (κ2) is 6.76. The predicted molar refractivity (Wildman–Crippen MR) is 82.3 cm³/mol. The van der Waals surface area contributed by atoms with Crippen molar-refractivity contribution in [3.8, 4) is 5.75 Å². The van der Waals surface area contributed by atoms with Crippen molar-refractivity contribution in [2.75, 3.05) is 26.2 Å². The Morgan fingerprint density at radius 1 is 1.57 bits per heavy atom. The number of likely N-dealkylation sites (tertiary alicyclic amines) is 1. The van der Waals surface area contributed by atoms with Crippen LogP contribution in [0.5, 0.6) is 5.75 Å². The molecular formula is C17H23NO3. The van der Waals surface area contributed by atoms with Crippen LogP contribution in [0.3, 0.4) is 0 Å². The SMILES string of the molecule is C=CCN1CCC[C@](C(=O)OCC)(c2cccc(O)c2)C1. The average molecular weight is 289 g/mol. The van der Waals surface area contributed by atoms with E-state index in [1.807, 2.05) is 19.1 Å². The van der Waals surface area contributed by atoms with Gasteiger partial charge in [0.15, 0.2) is 0 Å². The Morgan fingerprint density at radius 2 is 2.38 bits per heavy atom. The summed E-state index contributed by atoms with van der Waals surface area (Å²) in [7, 11) is 0. The van der Waals surface area contributed by atoms with Crippen LogP contribution in [0.2, 0.25) is 0 Å². The van der Waals surface area contributed by atoms with E-state index in [-0.39, 0.29) is 11.7 Å². The molecule has 4 nitrogen and oxygen atoms in total. The minimum atomic E-state index is -0.698. The monoisotopic (exact) mass is 289 g/mol. The van der Waals surface area contributed by atoms with Gasteiger partial charge in [-0.2, -0.15) is 0 Å². The minimum absolute atomic E-state index is 0.178. The normalized spacial score (nSPS) is 22.7. The van der Waals surface area contributed by atoms with Gasteiger partial charge in [0.25, 0.3) is 0 Å². The van der Waals surface area contributed by atoms with Gasteiger partial charge in [-0.3, -0.25) is 9.69 Å². The second-order valence-electron chi connectivity index (χ2n) is 5.48. The standard InChI is InChI=1S/C17H23NO3/c1-3-10-18-11-6-9-17(13-18,16(20)21-4-2)14-7-5-8-15(19)12-14/h3,5,7-8,12,19H,1,4,6,9-11,13H2,2H3/t17-/m1/s1. The van der Waals surface area contributed by atoms with Gasteiger partial charge < -0.3 is 9.84 Å². The first-order valence-corrected chi connectivity index (χ1v) is 7.42. The minimum Gasteiger partial charge on any atom is -0.508 e. The Hall–Kier alpha value is -1.81. The Bertz CT molecular complexity index is 515. The number of carbonyl (C=O) groups is 1. The molecule has 1 heterocycles. The van der Waals surface area contributed by atoms with E-state index in [9.17, 15) is 9.90 Å².